The molecule has 0 amide bonds. The Bertz CT molecular complexity index is 679. The molecule has 0 N–H and O–H groups in total. The molecule has 0 atom stereocenters. The highest BCUT2D eigenvalue weighted by Gasteiger charge is 2.02. The number of hydrogen-bond acceptors (Lipinski definition) is 2. The predicted octanol–water partition coefficient (Wildman–Crippen LogP) is 4.42. The predicted molar refractivity (Wildman–Crippen MR) is 85.6 cm³/mol. The zero-order valence-electron chi connectivity index (χ0n) is 10.1. The SMILES string of the molecule is Ic1ccc(-c2cc(-c3ccncc3)ccn2)cc1. The molecule has 0 fully saturated rings. The van der Waals surface area contributed by atoms with Gasteiger partial charge in [0.05, 0.1) is 5.69 Å². The molecule has 0 bridgehead atoms. The van der Waals surface area contributed by atoms with Crippen molar-refractivity contribution in [2.24, 2.45) is 0 Å². The first kappa shape index (κ1) is 12.3. The van der Waals surface area contributed by atoms with Gasteiger partial charge in [-0.05, 0) is 70.1 Å². The first-order valence-electron chi connectivity index (χ1n) is 5.95. The van der Waals surface area contributed by atoms with Crippen LogP contribution in [0.1, 0.15) is 0 Å². The lowest BCUT2D eigenvalue weighted by molar-refractivity contribution is 1.31. The number of halogens is 1. The first-order valence-corrected chi connectivity index (χ1v) is 7.03. The molecule has 2 aromatic heterocycles. The van der Waals surface area contributed by atoms with Gasteiger partial charge in [-0.15, -0.1) is 0 Å². The van der Waals surface area contributed by atoms with Gasteiger partial charge in [-0.1, -0.05) is 12.1 Å². The molecule has 3 rings (SSSR count). The fourth-order valence-electron chi connectivity index (χ4n) is 1.93. The molecule has 2 nitrogen and oxygen atoms in total. The number of benzene rings is 1. The van der Waals surface area contributed by atoms with Gasteiger partial charge in [-0.25, -0.2) is 0 Å². The van der Waals surface area contributed by atoms with Crippen molar-refractivity contribution >= 4 is 22.6 Å². The molecule has 0 aliphatic carbocycles. The normalized spacial score (nSPS) is 10.4. The Hall–Kier alpha value is -1.75. The van der Waals surface area contributed by atoms with Crippen LogP contribution >= 0.6 is 22.6 Å². The lowest BCUT2D eigenvalue weighted by Crippen LogP contribution is -1.85. The second-order valence-corrected chi connectivity index (χ2v) is 5.42. The van der Waals surface area contributed by atoms with Crippen LogP contribution < -0.4 is 0 Å². The molecule has 19 heavy (non-hydrogen) atoms. The molecule has 0 radical (unpaired) electrons. The summed E-state index contributed by atoms with van der Waals surface area (Å²) in [6, 6.07) is 16.5. The van der Waals surface area contributed by atoms with Crippen LogP contribution in [0.15, 0.2) is 67.1 Å². The van der Waals surface area contributed by atoms with Crippen LogP contribution in [0.3, 0.4) is 0 Å². The first-order chi connectivity index (χ1) is 9.33. The molecule has 0 aliphatic rings. The molecular weight excluding hydrogens is 347 g/mol. The van der Waals surface area contributed by atoms with Gasteiger partial charge in [0.15, 0.2) is 0 Å². The van der Waals surface area contributed by atoms with Crippen molar-refractivity contribution in [3.63, 3.8) is 0 Å². The maximum Gasteiger partial charge on any atom is 0.0708 e. The third kappa shape index (κ3) is 2.81. The molecule has 3 heteroatoms. The minimum Gasteiger partial charge on any atom is -0.265 e. The van der Waals surface area contributed by atoms with Crippen LogP contribution in [0.25, 0.3) is 22.4 Å². The zero-order valence-corrected chi connectivity index (χ0v) is 12.3. The summed E-state index contributed by atoms with van der Waals surface area (Å²) in [5.41, 5.74) is 4.44. The molecule has 0 spiro atoms. The van der Waals surface area contributed by atoms with E-state index < -0.39 is 0 Å². The van der Waals surface area contributed by atoms with Crippen molar-refractivity contribution in [1.82, 2.24) is 9.97 Å². The zero-order chi connectivity index (χ0) is 13.1. The summed E-state index contributed by atoms with van der Waals surface area (Å²) in [5.74, 6) is 0. The van der Waals surface area contributed by atoms with E-state index in [1.165, 1.54) is 3.57 Å². The van der Waals surface area contributed by atoms with E-state index in [-0.39, 0.29) is 0 Å². The lowest BCUT2D eigenvalue weighted by Gasteiger charge is -2.05. The minimum atomic E-state index is 0.991. The molecule has 92 valence electrons. The molecule has 3 aromatic rings. The van der Waals surface area contributed by atoms with Crippen LogP contribution in [-0.4, -0.2) is 9.97 Å². The molecule has 0 unspecified atom stereocenters. The van der Waals surface area contributed by atoms with Gasteiger partial charge in [0.25, 0.3) is 0 Å². The Morgan fingerprint density at radius 3 is 2.11 bits per heavy atom. The summed E-state index contributed by atoms with van der Waals surface area (Å²) in [6.45, 7) is 0. The van der Waals surface area contributed by atoms with E-state index in [0.717, 1.165) is 22.4 Å². The van der Waals surface area contributed by atoms with Gasteiger partial charge in [0.2, 0.25) is 0 Å². The minimum absolute atomic E-state index is 0.991. The molecule has 1 aromatic carbocycles. The number of nitrogens with zero attached hydrogens (tertiary/aromatic N) is 2. The van der Waals surface area contributed by atoms with Crippen molar-refractivity contribution < 1.29 is 0 Å². The van der Waals surface area contributed by atoms with Crippen molar-refractivity contribution in [2.45, 2.75) is 0 Å². The molecule has 0 saturated heterocycles. The van der Waals surface area contributed by atoms with Gasteiger partial charge in [0.1, 0.15) is 0 Å². The van der Waals surface area contributed by atoms with Crippen molar-refractivity contribution in [3.8, 4) is 22.4 Å². The van der Waals surface area contributed by atoms with E-state index in [9.17, 15) is 0 Å². The van der Waals surface area contributed by atoms with Crippen molar-refractivity contribution in [1.29, 1.82) is 0 Å². The van der Waals surface area contributed by atoms with E-state index in [1.54, 1.807) is 12.4 Å². The van der Waals surface area contributed by atoms with Gasteiger partial charge >= 0.3 is 0 Å². The summed E-state index contributed by atoms with van der Waals surface area (Å²) in [6.07, 6.45) is 5.46. The van der Waals surface area contributed by atoms with Gasteiger partial charge in [-0.3, -0.25) is 9.97 Å². The maximum absolute atomic E-state index is 4.45. The molecular formula is C16H11IN2. The summed E-state index contributed by atoms with van der Waals surface area (Å²) >= 11 is 2.30. The van der Waals surface area contributed by atoms with E-state index in [0.29, 0.717) is 0 Å². The largest absolute Gasteiger partial charge is 0.265 e. The Labute approximate surface area is 125 Å². The highest BCUT2D eigenvalue weighted by molar-refractivity contribution is 14.1. The fraction of sp³-hybridized carbons (Fsp3) is 0. The summed E-state index contributed by atoms with van der Waals surface area (Å²) < 4.78 is 1.23. The fourth-order valence-corrected chi connectivity index (χ4v) is 2.29. The smallest absolute Gasteiger partial charge is 0.0708 e. The van der Waals surface area contributed by atoms with E-state index >= 15 is 0 Å². The highest BCUT2D eigenvalue weighted by Crippen LogP contribution is 2.24. The molecule has 0 saturated carbocycles. The molecule has 0 aliphatic heterocycles. The summed E-state index contributed by atoms with van der Waals surface area (Å²) in [7, 11) is 0. The average molecular weight is 358 g/mol. The third-order valence-electron chi connectivity index (χ3n) is 2.91. The van der Waals surface area contributed by atoms with Crippen molar-refractivity contribution in [3.05, 3.63) is 70.7 Å². The quantitative estimate of drug-likeness (QED) is 0.634. The van der Waals surface area contributed by atoms with Gasteiger partial charge in [-0.2, -0.15) is 0 Å². The van der Waals surface area contributed by atoms with Gasteiger partial charge < -0.3 is 0 Å². The Balaban J connectivity index is 2.03. The molecule has 2 heterocycles. The maximum atomic E-state index is 4.45. The second kappa shape index (κ2) is 5.48. The summed E-state index contributed by atoms with van der Waals surface area (Å²) in [4.78, 5) is 8.49. The van der Waals surface area contributed by atoms with Crippen LogP contribution in [0, 0.1) is 3.57 Å². The number of pyridine rings is 2. The number of hydrogen-bond donors (Lipinski definition) is 0. The van der Waals surface area contributed by atoms with Crippen LogP contribution in [0.2, 0.25) is 0 Å². The second-order valence-electron chi connectivity index (χ2n) is 4.17. The lowest BCUT2D eigenvalue weighted by atomic mass is 10.0. The van der Waals surface area contributed by atoms with Crippen LogP contribution in [0.4, 0.5) is 0 Å². The highest BCUT2D eigenvalue weighted by atomic mass is 127. The average Bonchev–Trinajstić information content (AvgIpc) is 2.49. The van der Waals surface area contributed by atoms with E-state index in [2.05, 4.69) is 62.9 Å². The monoisotopic (exact) mass is 358 g/mol. The topological polar surface area (TPSA) is 25.8 Å². The van der Waals surface area contributed by atoms with E-state index in [1.807, 2.05) is 24.4 Å². The van der Waals surface area contributed by atoms with Crippen LogP contribution in [-0.2, 0) is 0 Å². The van der Waals surface area contributed by atoms with E-state index in [4.69, 9.17) is 0 Å². The standard InChI is InChI=1S/C16H11IN2/c17-15-3-1-13(2-4-15)16-11-14(7-10-19-16)12-5-8-18-9-6-12/h1-11H. The summed E-state index contributed by atoms with van der Waals surface area (Å²) in [5, 5.41) is 0. The van der Waals surface area contributed by atoms with Crippen LogP contribution in [0.5, 0.6) is 0 Å². The Morgan fingerprint density at radius 2 is 1.37 bits per heavy atom. The Morgan fingerprint density at radius 1 is 0.684 bits per heavy atom. The third-order valence-corrected chi connectivity index (χ3v) is 3.63. The Kier molecular flexibility index (Phi) is 3.55. The van der Waals surface area contributed by atoms with Crippen molar-refractivity contribution in [2.75, 3.05) is 0 Å². The number of rotatable bonds is 2. The van der Waals surface area contributed by atoms with Gasteiger partial charge in [0, 0.05) is 27.7 Å². The number of aromatic nitrogens is 2.